The number of nitrogens with one attached hydrogen (secondary N) is 1. The molecule has 0 bridgehead atoms. The molecule has 0 spiro atoms. The van der Waals surface area contributed by atoms with Crippen molar-refractivity contribution in [1.29, 1.82) is 0 Å². The molecule has 0 amide bonds. The lowest BCUT2D eigenvalue weighted by Crippen LogP contribution is -2.29. The van der Waals surface area contributed by atoms with Crippen LogP contribution < -0.4 is 10.1 Å². The minimum Gasteiger partial charge on any atom is -0.497 e. The normalized spacial score (nSPS) is 19.9. The Bertz CT molecular complexity index is 681. The van der Waals surface area contributed by atoms with E-state index in [9.17, 15) is 4.79 Å². The second kappa shape index (κ2) is 6.73. The quantitative estimate of drug-likeness (QED) is 0.884. The molecule has 0 aromatic heterocycles. The number of carbonyl (C=O) groups excluding carboxylic acids is 1. The maximum Gasteiger partial charge on any atom is 0.311 e. The third kappa shape index (κ3) is 3.16. The van der Waals surface area contributed by atoms with E-state index >= 15 is 0 Å². The highest BCUT2D eigenvalue weighted by Crippen LogP contribution is 2.35. The van der Waals surface area contributed by atoms with E-state index in [2.05, 4.69) is 17.4 Å². The summed E-state index contributed by atoms with van der Waals surface area (Å²) in [5, 5.41) is 3.39. The second-order valence-electron chi connectivity index (χ2n) is 5.75. The van der Waals surface area contributed by atoms with Crippen LogP contribution in [0.15, 0.2) is 48.5 Å². The largest absolute Gasteiger partial charge is 0.497 e. The van der Waals surface area contributed by atoms with E-state index in [1.54, 1.807) is 7.11 Å². The van der Waals surface area contributed by atoms with Crippen LogP contribution in [0.3, 0.4) is 0 Å². The molecular weight excluding hydrogens is 290 g/mol. The third-order valence-electron chi connectivity index (χ3n) is 4.50. The van der Waals surface area contributed by atoms with Gasteiger partial charge in [-0.1, -0.05) is 30.3 Å². The Balaban J connectivity index is 1.98. The van der Waals surface area contributed by atoms with Gasteiger partial charge in [-0.15, -0.1) is 0 Å². The smallest absolute Gasteiger partial charge is 0.311 e. The molecule has 0 saturated carbocycles. The first-order valence-electron chi connectivity index (χ1n) is 7.76. The first kappa shape index (κ1) is 15.4. The fourth-order valence-corrected chi connectivity index (χ4v) is 3.21. The van der Waals surface area contributed by atoms with Crippen molar-refractivity contribution in [2.24, 2.45) is 5.92 Å². The number of methoxy groups -OCH3 is 2. The zero-order chi connectivity index (χ0) is 16.2. The van der Waals surface area contributed by atoms with E-state index in [4.69, 9.17) is 9.47 Å². The van der Waals surface area contributed by atoms with Crippen molar-refractivity contribution >= 4 is 11.7 Å². The van der Waals surface area contributed by atoms with Gasteiger partial charge in [-0.05, 0) is 35.7 Å². The van der Waals surface area contributed by atoms with Crippen molar-refractivity contribution in [3.63, 3.8) is 0 Å². The van der Waals surface area contributed by atoms with E-state index in [1.807, 2.05) is 36.4 Å². The Morgan fingerprint density at radius 3 is 2.52 bits per heavy atom. The van der Waals surface area contributed by atoms with Gasteiger partial charge in [0.15, 0.2) is 0 Å². The molecule has 2 aromatic rings. The van der Waals surface area contributed by atoms with Crippen LogP contribution in [0, 0.1) is 5.92 Å². The van der Waals surface area contributed by atoms with Crippen LogP contribution in [-0.4, -0.2) is 26.7 Å². The van der Waals surface area contributed by atoms with Gasteiger partial charge in [0, 0.05) is 18.2 Å². The summed E-state index contributed by atoms with van der Waals surface area (Å²) >= 11 is 0. The van der Waals surface area contributed by atoms with Gasteiger partial charge in [-0.25, -0.2) is 0 Å². The second-order valence-corrected chi connectivity index (χ2v) is 5.75. The fourth-order valence-electron chi connectivity index (χ4n) is 3.21. The van der Waals surface area contributed by atoms with Crippen LogP contribution in [0.4, 0.5) is 5.69 Å². The van der Waals surface area contributed by atoms with Crippen molar-refractivity contribution in [3.8, 4) is 5.75 Å². The number of esters is 1. The molecule has 1 aliphatic rings. The summed E-state index contributed by atoms with van der Waals surface area (Å²) in [6.45, 7) is 0.570. The first-order chi connectivity index (χ1) is 11.2. The molecule has 120 valence electrons. The predicted molar refractivity (Wildman–Crippen MR) is 89.9 cm³/mol. The number of hydrogen-bond acceptors (Lipinski definition) is 4. The summed E-state index contributed by atoms with van der Waals surface area (Å²) in [5.74, 6) is 0.493. The van der Waals surface area contributed by atoms with Gasteiger partial charge in [0.05, 0.1) is 20.1 Å². The molecule has 0 radical (unpaired) electrons. The summed E-state index contributed by atoms with van der Waals surface area (Å²) < 4.78 is 10.3. The van der Waals surface area contributed by atoms with Gasteiger partial charge in [-0.2, -0.15) is 0 Å². The summed E-state index contributed by atoms with van der Waals surface area (Å²) in [6, 6.07) is 16.2. The minimum atomic E-state index is -0.221. The highest BCUT2D eigenvalue weighted by molar-refractivity contribution is 5.75. The molecule has 2 aromatic carbocycles. The standard InChI is InChI=1S/C19H21NO3/c1-22-15-9-7-13(8-10-15)16-11-14-5-3-4-6-18(14)20-12-17(16)19(21)23-2/h3-10,16-17,20H,11-12H2,1-2H3. The Kier molecular flexibility index (Phi) is 4.51. The molecule has 1 N–H and O–H groups in total. The zero-order valence-corrected chi connectivity index (χ0v) is 13.4. The molecule has 0 saturated heterocycles. The van der Waals surface area contributed by atoms with Gasteiger partial charge in [0.1, 0.15) is 5.75 Å². The van der Waals surface area contributed by atoms with Crippen molar-refractivity contribution in [3.05, 3.63) is 59.7 Å². The number of hydrogen-bond donors (Lipinski definition) is 1. The Hall–Kier alpha value is -2.49. The van der Waals surface area contributed by atoms with Gasteiger partial charge in [-0.3, -0.25) is 4.79 Å². The molecule has 1 heterocycles. The first-order valence-corrected chi connectivity index (χ1v) is 7.76. The van der Waals surface area contributed by atoms with Gasteiger partial charge >= 0.3 is 5.97 Å². The SMILES string of the molecule is COC(=O)C1CNc2ccccc2CC1c1ccc(OC)cc1. The summed E-state index contributed by atoms with van der Waals surface area (Å²) in [4.78, 5) is 12.3. The van der Waals surface area contributed by atoms with Gasteiger partial charge < -0.3 is 14.8 Å². The topological polar surface area (TPSA) is 47.6 Å². The van der Waals surface area contributed by atoms with E-state index in [-0.39, 0.29) is 17.8 Å². The van der Waals surface area contributed by atoms with Crippen molar-refractivity contribution in [1.82, 2.24) is 0 Å². The average molecular weight is 311 g/mol. The van der Waals surface area contributed by atoms with Crippen molar-refractivity contribution in [2.75, 3.05) is 26.1 Å². The lowest BCUT2D eigenvalue weighted by Gasteiger charge is -2.23. The monoisotopic (exact) mass is 311 g/mol. The van der Waals surface area contributed by atoms with Crippen molar-refractivity contribution in [2.45, 2.75) is 12.3 Å². The zero-order valence-electron chi connectivity index (χ0n) is 13.4. The van der Waals surface area contributed by atoms with Gasteiger partial charge in [0.25, 0.3) is 0 Å². The van der Waals surface area contributed by atoms with E-state index in [1.165, 1.54) is 12.7 Å². The van der Waals surface area contributed by atoms with Crippen LogP contribution in [-0.2, 0) is 16.0 Å². The molecule has 2 atom stereocenters. The number of benzene rings is 2. The predicted octanol–water partition coefficient (Wildman–Crippen LogP) is 3.24. The highest BCUT2D eigenvalue weighted by atomic mass is 16.5. The van der Waals surface area contributed by atoms with Crippen LogP contribution in [0.1, 0.15) is 17.0 Å². The molecule has 2 unspecified atom stereocenters. The molecule has 23 heavy (non-hydrogen) atoms. The molecule has 1 aliphatic heterocycles. The lowest BCUT2D eigenvalue weighted by molar-refractivity contribution is -0.145. The summed E-state index contributed by atoms with van der Waals surface area (Å²) in [5.41, 5.74) is 3.44. The van der Waals surface area contributed by atoms with E-state index in [0.717, 1.165) is 23.4 Å². The number of carbonyl (C=O) groups is 1. The van der Waals surface area contributed by atoms with E-state index in [0.29, 0.717) is 6.54 Å². The van der Waals surface area contributed by atoms with Crippen LogP contribution >= 0.6 is 0 Å². The Morgan fingerprint density at radius 1 is 1.09 bits per heavy atom. The van der Waals surface area contributed by atoms with Crippen LogP contribution in [0.25, 0.3) is 0 Å². The number of rotatable bonds is 3. The maximum absolute atomic E-state index is 12.3. The molecular formula is C19H21NO3. The summed E-state index contributed by atoms with van der Waals surface area (Å²) in [6.07, 6.45) is 0.801. The maximum atomic E-state index is 12.3. The molecule has 0 aliphatic carbocycles. The number of ether oxygens (including phenoxy) is 2. The van der Waals surface area contributed by atoms with Gasteiger partial charge in [0.2, 0.25) is 0 Å². The summed E-state index contributed by atoms with van der Waals surface area (Å²) in [7, 11) is 3.10. The average Bonchev–Trinajstić information content (AvgIpc) is 2.81. The Morgan fingerprint density at radius 2 is 1.83 bits per heavy atom. The van der Waals surface area contributed by atoms with Crippen LogP contribution in [0.2, 0.25) is 0 Å². The fraction of sp³-hybridized carbons (Fsp3) is 0.316. The van der Waals surface area contributed by atoms with E-state index < -0.39 is 0 Å². The Labute approximate surface area is 136 Å². The van der Waals surface area contributed by atoms with Crippen LogP contribution in [0.5, 0.6) is 5.75 Å². The highest BCUT2D eigenvalue weighted by Gasteiger charge is 2.33. The number of fused-ring (bicyclic) bond motifs is 1. The molecule has 4 nitrogen and oxygen atoms in total. The lowest BCUT2D eigenvalue weighted by atomic mass is 9.82. The van der Waals surface area contributed by atoms with Crippen molar-refractivity contribution < 1.29 is 14.3 Å². The third-order valence-corrected chi connectivity index (χ3v) is 4.50. The number of para-hydroxylation sites is 1. The minimum absolute atomic E-state index is 0.0736. The molecule has 3 rings (SSSR count). The molecule has 0 fully saturated rings. The molecule has 4 heteroatoms. The number of anilines is 1.